The minimum Gasteiger partial charge on any atom is -0.477 e. The highest BCUT2D eigenvalue weighted by Crippen LogP contribution is 2.36. The Morgan fingerprint density at radius 1 is 1.03 bits per heavy atom. The lowest BCUT2D eigenvalue weighted by atomic mass is 10.1. The van der Waals surface area contributed by atoms with Gasteiger partial charge in [0.15, 0.2) is 5.69 Å². The fraction of sp³-hybridized carbons (Fsp3) is 0.0870. The van der Waals surface area contributed by atoms with Crippen molar-refractivity contribution in [3.63, 3.8) is 0 Å². The largest absolute Gasteiger partial charge is 0.477 e. The number of rotatable bonds is 4. The third-order valence-electron chi connectivity index (χ3n) is 5.71. The molecule has 0 aliphatic heterocycles. The smallest absolute Gasteiger partial charge is 0.416 e. The molecule has 0 spiro atoms. The highest BCUT2D eigenvalue weighted by molar-refractivity contribution is 7.09. The number of carboxylic acid groups (broad SMARTS) is 1. The SMILES string of the molecule is O=C(O)c1c(-n2c(=O)[nH]c3cscc3c2=O)c2cc(C(F)(F)F)ccc2n1Cc1c(F)cccc1F. The van der Waals surface area contributed by atoms with Crippen molar-refractivity contribution >= 4 is 39.1 Å². The number of nitrogens with zero attached hydrogens (tertiary/aromatic N) is 2. The summed E-state index contributed by atoms with van der Waals surface area (Å²) < 4.78 is 70.7. The highest BCUT2D eigenvalue weighted by atomic mass is 32.1. The topological polar surface area (TPSA) is 97.1 Å². The van der Waals surface area contributed by atoms with E-state index in [4.69, 9.17) is 0 Å². The summed E-state index contributed by atoms with van der Waals surface area (Å²) in [6, 6.07) is 5.15. The van der Waals surface area contributed by atoms with Gasteiger partial charge in [0.2, 0.25) is 0 Å². The number of aromatic carboxylic acids is 1. The second kappa shape index (κ2) is 8.16. The zero-order chi connectivity index (χ0) is 25.9. The number of benzene rings is 2. The molecule has 7 nitrogen and oxygen atoms in total. The molecule has 0 aliphatic rings. The molecule has 36 heavy (non-hydrogen) atoms. The summed E-state index contributed by atoms with van der Waals surface area (Å²) in [5, 5.41) is 12.5. The molecule has 0 amide bonds. The Balaban J connectivity index is 1.95. The van der Waals surface area contributed by atoms with Gasteiger partial charge in [-0.05, 0) is 30.3 Å². The van der Waals surface area contributed by atoms with E-state index in [1.807, 2.05) is 0 Å². The van der Waals surface area contributed by atoms with Gasteiger partial charge in [-0.2, -0.15) is 13.2 Å². The predicted molar refractivity (Wildman–Crippen MR) is 121 cm³/mol. The van der Waals surface area contributed by atoms with Gasteiger partial charge in [-0.3, -0.25) is 4.79 Å². The molecule has 2 aromatic carbocycles. The Morgan fingerprint density at radius 2 is 1.72 bits per heavy atom. The second-order valence-electron chi connectivity index (χ2n) is 7.79. The first-order chi connectivity index (χ1) is 17.0. The zero-order valence-electron chi connectivity index (χ0n) is 17.7. The summed E-state index contributed by atoms with van der Waals surface area (Å²) in [7, 11) is 0. The van der Waals surface area contributed by atoms with Crippen LogP contribution in [0, 0.1) is 11.6 Å². The summed E-state index contributed by atoms with van der Waals surface area (Å²) in [5.74, 6) is -3.77. The lowest BCUT2D eigenvalue weighted by Crippen LogP contribution is -2.34. The molecular formula is C23H12F5N3O4S. The number of halogens is 5. The van der Waals surface area contributed by atoms with E-state index < -0.39 is 69.5 Å². The van der Waals surface area contributed by atoms with Crippen LogP contribution in [0.5, 0.6) is 0 Å². The maximum atomic E-state index is 14.4. The standard InChI is InChI=1S/C23H12F5N3O4S/c24-14-2-1-3-15(25)12(14)7-30-17-5-4-10(23(26,27)28)6-11(17)18(19(30)21(33)34)31-20(32)13-8-36-9-16(13)29-22(31)35/h1-6,8-9H,7H2,(H,29,35)(H,33,34). The number of alkyl halides is 3. The van der Waals surface area contributed by atoms with E-state index in [1.165, 1.54) is 10.8 Å². The van der Waals surface area contributed by atoms with E-state index in [0.29, 0.717) is 16.7 Å². The van der Waals surface area contributed by atoms with Crippen molar-refractivity contribution in [2.75, 3.05) is 0 Å². The van der Waals surface area contributed by atoms with Crippen molar-refractivity contribution in [2.24, 2.45) is 0 Å². The van der Waals surface area contributed by atoms with Gasteiger partial charge in [0, 0.05) is 21.7 Å². The average Bonchev–Trinajstić information content (AvgIpc) is 3.38. The normalized spacial score (nSPS) is 12.0. The molecule has 0 saturated heterocycles. The molecule has 3 heterocycles. The maximum absolute atomic E-state index is 14.4. The monoisotopic (exact) mass is 521 g/mol. The van der Waals surface area contributed by atoms with Gasteiger partial charge in [-0.15, -0.1) is 11.3 Å². The van der Waals surface area contributed by atoms with E-state index in [9.17, 15) is 41.4 Å². The van der Waals surface area contributed by atoms with Crippen LogP contribution < -0.4 is 11.2 Å². The number of hydrogen-bond donors (Lipinski definition) is 2. The van der Waals surface area contributed by atoms with Gasteiger partial charge < -0.3 is 14.7 Å². The Hall–Kier alpha value is -4.26. The van der Waals surface area contributed by atoms with Crippen molar-refractivity contribution in [3.05, 3.63) is 96.5 Å². The molecule has 0 fully saturated rings. The summed E-state index contributed by atoms with van der Waals surface area (Å²) in [6.45, 7) is -0.741. The summed E-state index contributed by atoms with van der Waals surface area (Å²) in [6.07, 6.45) is -4.84. The summed E-state index contributed by atoms with van der Waals surface area (Å²) >= 11 is 1.07. The Labute approximate surface area is 200 Å². The van der Waals surface area contributed by atoms with E-state index in [2.05, 4.69) is 4.98 Å². The Morgan fingerprint density at radius 3 is 2.36 bits per heavy atom. The quantitative estimate of drug-likeness (QED) is 0.334. The van der Waals surface area contributed by atoms with Crippen LogP contribution in [0.4, 0.5) is 22.0 Å². The first-order valence-corrected chi connectivity index (χ1v) is 11.0. The van der Waals surface area contributed by atoms with Crippen LogP contribution in [0.25, 0.3) is 27.5 Å². The first-order valence-electron chi connectivity index (χ1n) is 10.1. The molecule has 0 aliphatic carbocycles. The third-order valence-corrected chi connectivity index (χ3v) is 6.45. The molecule has 0 radical (unpaired) electrons. The number of carboxylic acids is 1. The van der Waals surface area contributed by atoms with Crippen LogP contribution in [0.2, 0.25) is 0 Å². The number of aromatic amines is 1. The van der Waals surface area contributed by atoms with Crippen molar-refractivity contribution in [2.45, 2.75) is 12.7 Å². The van der Waals surface area contributed by atoms with Gasteiger partial charge in [-0.1, -0.05) is 6.07 Å². The molecular weight excluding hydrogens is 509 g/mol. The molecule has 0 atom stereocenters. The number of hydrogen-bond acceptors (Lipinski definition) is 4. The molecule has 0 saturated carbocycles. The van der Waals surface area contributed by atoms with Crippen LogP contribution in [0.3, 0.4) is 0 Å². The van der Waals surface area contributed by atoms with Crippen molar-refractivity contribution < 1.29 is 31.9 Å². The van der Waals surface area contributed by atoms with Gasteiger partial charge >= 0.3 is 17.8 Å². The summed E-state index contributed by atoms with van der Waals surface area (Å²) in [5.41, 5.74) is -5.27. The molecule has 0 bridgehead atoms. The van der Waals surface area contributed by atoms with E-state index in [-0.39, 0.29) is 16.4 Å². The van der Waals surface area contributed by atoms with Crippen LogP contribution in [0.15, 0.2) is 56.7 Å². The van der Waals surface area contributed by atoms with Crippen molar-refractivity contribution in [3.8, 4) is 5.69 Å². The minimum absolute atomic E-state index is 0.00367. The van der Waals surface area contributed by atoms with E-state index in [1.54, 1.807) is 0 Å². The first kappa shape index (κ1) is 23.5. The van der Waals surface area contributed by atoms with Gasteiger partial charge in [0.05, 0.1) is 34.2 Å². The molecule has 0 unspecified atom stereocenters. The Kier molecular flexibility index (Phi) is 5.32. The molecule has 5 aromatic rings. The minimum atomic E-state index is -4.84. The lowest BCUT2D eigenvalue weighted by Gasteiger charge is -2.11. The zero-order valence-corrected chi connectivity index (χ0v) is 18.5. The van der Waals surface area contributed by atoms with Gasteiger partial charge in [0.25, 0.3) is 5.56 Å². The van der Waals surface area contributed by atoms with Crippen molar-refractivity contribution in [1.82, 2.24) is 14.1 Å². The van der Waals surface area contributed by atoms with Crippen LogP contribution >= 0.6 is 11.3 Å². The number of H-pyrrole nitrogens is 1. The number of carbonyl (C=O) groups is 1. The number of fused-ring (bicyclic) bond motifs is 2. The molecule has 184 valence electrons. The predicted octanol–water partition coefficient (Wildman–Crippen LogP) is 4.74. The average molecular weight is 521 g/mol. The molecule has 5 rings (SSSR count). The molecule has 13 heteroatoms. The second-order valence-corrected chi connectivity index (χ2v) is 8.53. The number of nitrogens with one attached hydrogen (secondary N) is 1. The van der Waals surface area contributed by atoms with E-state index >= 15 is 0 Å². The van der Waals surface area contributed by atoms with Gasteiger partial charge in [-0.25, -0.2) is 22.9 Å². The number of aromatic nitrogens is 3. The van der Waals surface area contributed by atoms with Crippen LogP contribution in [-0.2, 0) is 12.7 Å². The highest BCUT2D eigenvalue weighted by Gasteiger charge is 2.33. The third kappa shape index (κ3) is 3.59. The van der Waals surface area contributed by atoms with Crippen molar-refractivity contribution in [1.29, 1.82) is 0 Å². The van der Waals surface area contributed by atoms with Gasteiger partial charge in [0.1, 0.15) is 11.6 Å². The van der Waals surface area contributed by atoms with E-state index in [0.717, 1.165) is 40.2 Å². The fourth-order valence-electron chi connectivity index (χ4n) is 4.11. The lowest BCUT2D eigenvalue weighted by molar-refractivity contribution is -0.137. The van der Waals surface area contributed by atoms with Crippen LogP contribution in [-0.4, -0.2) is 25.2 Å². The number of thiophene rings is 1. The maximum Gasteiger partial charge on any atom is 0.416 e. The molecule has 3 aromatic heterocycles. The fourth-order valence-corrected chi connectivity index (χ4v) is 4.86. The van der Waals surface area contributed by atoms with Crippen LogP contribution in [0.1, 0.15) is 21.6 Å². The molecule has 2 N–H and O–H groups in total. The Bertz CT molecular complexity index is 1790. The summed E-state index contributed by atoms with van der Waals surface area (Å²) in [4.78, 5) is 40.9.